The molecule has 0 aliphatic heterocycles. The van der Waals surface area contributed by atoms with Crippen LogP contribution >= 0.6 is 0 Å². The molecule has 0 aliphatic rings. The van der Waals surface area contributed by atoms with E-state index in [-0.39, 0.29) is 24.5 Å². The molecule has 242 valence electrons. The molecular formula is C35H67NO5. The molecule has 0 fully saturated rings. The second-order valence-electron chi connectivity index (χ2n) is 12.1. The van der Waals surface area contributed by atoms with Crippen molar-refractivity contribution >= 4 is 17.8 Å². The third-order valence-corrected chi connectivity index (χ3v) is 8.03. The highest BCUT2D eigenvalue weighted by molar-refractivity contribution is 5.80. The van der Waals surface area contributed by atoms with Gasteiger partial charge in [0, 0.05) is 12.8 Å². The molecular weight excluding hydrogens is 514 g/mol. The molecule has 1 atom stereocenters. The third-order valence-electron chi connectivity index (χ3n) is 8.03. The first-order chi connectivity index (χ1) is 20.0. The lowest BCUT2D eigenvalue weighted by atomic mass is 10.0. The summed E-state index contributed by atoms with van der Waals surface area (Å²) in [6, 6.07) is 0. The molecule has 0 aromatic rings. The van der Waals surface area contributed by atoms with Crippen molar-refractivity contribution in [2.75, 3.05) is 6.54 Å². The Morgan fingerprint density at radius 1 is 0.537 bits per heavy atom. The van der Waals surface area contributed by atoms with E-state index in [1.165, 1.54) is 109 Å². The Morgan fingerprint density at radius 2 is 0.927 bits per heavy atom. The number of aliphatic carboxylic acids is 1. The number of carboxylic acid groups (broad SMARTS) is 1. The zero-order valence-corrected chi connectivity index (χ0v) is 27.2. The van der Waals surface area contributed by atoms with Gasteiger partial charge in [-0.15, -0.1) is 0 Å². The van der Waals surface area contributed by atoms with E-state index in [9.17, 15) is 14.4 Å². The number of unbranched alkanes of at least 4 members (excludes halogenated alkanes) is 21. The molecule has 0 spiro atoms. The van der Waals surface area contributed by atoms with Crippen LogP contribution in [0.3, 0.4) is 0 Å². The highest BCUT2D eigenvalue weighted by Crippen LogP contribution is 2.17. The fourth-order valence-corrected chi connectivity index (χ4v) is 5.38. The molecule has 0 radical (unpaired) electrons. The SMILES string of the molecule is CCCCCCCCCCCCCCCCCCCCCC(=O)OC(CCCC)CCCCCC(=O)NCC(=O)O. The molecule has 1 unspecified atom stereocenters. The number of ether oxygens (including phenoxy) is 1. The Kier molecular flexibility index (Phi) is 30.1. The number of nitrogens with one attached hydrogen (secondary N) is 1. The second-order valence-corrected chi connectivity index (χ2v) is 12.1. The van der Waals surface area contributed by atoms with Crippen LogP contribution in [0.25, 0.3) is 0 Å². The van der Waals surface area contributed by atoms with E-state index in [1.807, 2.05) is 0 Å². The van der Waals surface area contributed by atoms with Crippen molar-refractivity contribution in [3.05, 3.63) is 0 Å². The molecule has 0 saturated carbocycles. The van der Waals surface area contributed by atoms with E-state index in [0.717, 1.165) is 57.8 Å². The van der Waals surface area contributed by atoms with Crippen LogP contribution in [0.4, 0.5) is 0 Å². The summed E-state index contributed by atoms with van der Waals surface area (Å²) >= 11 is 0. The number of esters is 1. The van der Waals surface area contributed by atoms with E-state index in [4.69, 9.17) is 9.84 Å². The minimum Gasteiger partial charge on any atom is -0.480 e. The Balaban J connectivity index is 3.61. The van der Waals surface area contributed by atoms with E-state index in [1.54, 1.807) is 0 Å². The average Bonchev–Trinajstić information content (AvgIpc) is 2.95. The van der Waals surface area contributed by atoms with Gasteiger partial charge in [0.25, 0.3) is 0 Å². The fraction of sp³-hybridized carbons (Fsp3) is 0.914. The first kappa shape index (κ1) is 39.4. The number of carbonyl (C=O) groups is 3. The molecule has 0 heterocycles. The lowest BCUT2D eigenvalue weighted by molar-refractivity contribution is -0.150. The van der Waals surface area contributed by atoms with Gasteiger partial charge < -0.3 is 15.2 Å². The fourth-order valence-electron chi connectivity index (χ4n) is 5.38. The summed E-state index contributed by atoms with van der Waals surface area (Å²) < 4.78 is 5.80. The summed E-state index contributed by atoms with van der Waals surface area (Å²) in [5, 5.41) is 11.0. The van der Waals surface area contributed by atoms with Crippen molar-refractivity contribution in [3.63, 3.8) is 0 Å². The van der Waals surface area contributed by atoms with Crippen LogP contribution in [0.1, 0.15) is 194 Å². The van der Waals surface area contributed by atoms with Crippen molar-refractivity contribution < 1.29 is 24.2 Å². The highest BCUT2D eigenvalue weighted by atomic mass is 16.5. The second kappa shape index (κ2) is 31.3. The van der Waals surface area contributed by atoms with Crippen molar-refractivity contribution in [1.29, 1.82) is 0 Å². The summed E-state index contributed by atoms with van der Waals surface area (Å²) in [5.74, 6) is -1.31. The van der Waals surface area contributed by atoms with Crippen molar-refractivity contribution in [3.8, 4) is 0 Å². The van der Waals surface area contributed by atoms with E-state index in [0.29, 0.717) is 12.8 Å². The molecule has 0 aromatic heterocycles. The van der Waals surface area contributed by atoms with Gasteiger partial charge in [-0.2, -0.15) is 0 Å². The number of rotatable bonds is 32. The molecule has 0 saturated heterocycles. The zero-order chi connectivity index (χ0) is 30.2. The molecule has 0 bridgehead atoms. The minimum absolute atomic E-state index is 0.0244. The molecule has 0 rings (SSSR count). The quantitative estimate of drug-likeness (QED) is 0.0609. The highest BCUT2D eigenvalue weighted by Gasteiger charge is 2.14. The predicted molar refractivity (Wildman–Crippen MR) is 171 cm³/mol. The Hall–Kier alpha value is -1.59. The van der Waals surface area contributed by atoms with E-state index >= 15 is 0 Å². The van der Waals surface area contributed by atoms with Crippen molar-refractivity contribution in [2.24, 2.45) is 0 Å². The Morgan fingerprint density at radius 3 is 1.39 bits per heavy atom. The van der Waals surface area contributed by atoms with Gasteiger partial charge in [-0.1, -0.05) is 149 Å². The Bertz CT molecular complexity index is 609. The first-order valence-corrected chi connectivity index (χ1v) is 17.7. The Labute approximate surface area is 253 Å². The van der Waals surface area contributed by atoms with E-state index in [2.05, 4.69) is 19.2 Å². The molecule has 6 heteroatoms. The standard InChI is InChI=1S/C35H67NO5/c1-3-5-7-8-9-10-11-12-13-14-15-16-17-18-19-20-21-22-26-30-35(40)41-32(27-6-4-2)28-24-23-25-29-33(37)36-31-34(38)39/h32H,3-31H2,1-2H3,(H,36,37)(H,38,39). The van der Waals surface area contributed by atoms with Crippen LogP contribution in [-0.4, -0.2) is 35.6 Å². The van der Waals surface area contributed by atoms with Crippen molar-refractivity contribution in [1.82, 2.24) is 5.32 Å². The predicted octanol–water partition coefficient (Wildman–Crippen LogP) is 10.1. The molecule has 0 aromatic carbocycles. The molecule has 6 nitrogen and oxygen atoms in total. The van der Waals surface area contributed by atoms with Gasteiger partial charge in [0.15, 0.2) is 0 Å². The van der Waals surface area contributed by atoms with Crippen LogP contribution in [0, 0.1) is 0 Å². The van der Waals surface area contributed by atoms with Gasteiger partial charge in [0.05, 0.1) is 0 Å². The molecule has 1 amide bonds. The van der Waals surface area contributed by atoms with Gasteiger partial charge in [0.2, 0.25) is 5.91 Å². The number of carbonyl (C=O) groups excluding carboxylic acids is 2. The van der Waals surface area contributed by atoms with Gasteiger partial charge in [-0.25, -0.2) is 0 Å². The average molecular weight is 582 g/mol. The number of hydrogen-bond donors (Lipinski definition) is 2. The maximum absolute atomic E-state index is 12.4. The van der Waals surface area contributed by atoms with Gasteiger partial charge in [0.1, 0.15) is 12.6 Å². The topological polar surface area (TPSA) is 92.7 Å². The van der Waals surface area contributed by atoms with Crippen LogP contribution in [0.15, 0.2) is 0 Å². The summed E-state index contributed by atoms with van der Waals surface area (Å²) in [4.78, 5) is 34.5. The third kappa shape index (κ3) is 31.2. The number of carboxylic acids is 1. The monoisotopic (exact) mass is 582 g/mol. The minimum atomic E-state index is -1.03. The summed E-state index contributed by atoms with van der Waals surface area (Å²) in [6.45, 7) is 4.10. The number of amides is 1. The molecule has 0 aliphatic carbocycles. The van der Waals surface area contributed by atoms with Crippen LogP contribution in [0.5, 0.6) is 0 Å². The normalized spacial score (nSPS) is 11.9. The molecule has 41 heavy (non-hydrogen) atoms. The lowest BCUT2D eigenvalue weighted by Gasteiger charge is -2.18. The molecule has 2 N–H and O–H groups in total. The maximum Gasteiger partial charge on any atom is 0.322 e. The van der Waals surface area contributed by atoms with Crippen molar-refractivity contribution in [2.45, 2.75) is 200 Å². The van der Waals surface area contributed by atoms with Gasteiger partial charge >= 0.3 is 11.9 Å². The summed E-state index contributed by atoms with van der Waals surface area (Å²) in [6.07, 6.45) is 32.8. The lowest BCUT2D eigenvalue weighted by Crippen LogP contribution is -2.28. The maximum atomic E-state index is 12.4. The van der Waals surface area contributed by atoms with Crippen LogP contribution < -0.4 is 5.32 Å². The number of hydrogen-bond acceptors (Lipinski definition) is 4. The summed E-state index contributed by atoms with van der Waals surface area (Å²) in [7, 11) is 0. The summed E-state index contributed by atoms with van der Waals surface area (Å²) in [5.41, 5.74) is 0. The van der Waals surface area contributed by atoms with Gasteiger partial charge in [-0.05, 0) is 32.1 Å². The zero-order valence-electron chi connectivity index (χ0n) is 27.2. The van der Waals surface area contributed by atoms with Crippen LogP contribution in [0.2, 0.25) is 0 Å². The van der Waals surface area contributed by atoms with E-state index < -0.39 is 5.97 Å². The largest absolute Gasteiger partial charge is 0.480 e. The van der Waals surface area contributed by atoms with Gasteiger partial charge in [-0.3, -0.25) is 14.4 Å². The first-order valence-electron chi connectivity index (χ1n) is 17.7. The van der Waals surface area contributed by atoms with Crippen LogP contribution in [-0.2, 0) is 19.1 Å². The smallest absolute Gasteiger partial charge is 0.322 e.